The molecule has 180 valence electrons. The molecule has 0 unspecified atom stereocenters. The fourth-order valence-electron chi connectivity index (χ4n) is 3.77. The Morgan fingerprint density at radius 3 is 2.44 bits per heavy atom. The molecule has 1 fully saturated rings. The number of halogens is 2. The second kappa shape index (κ2) is 11.9. The maximum Gasteiger partial charge on any atom is 0.257 e. The van der Waals surface area contributed by atoms with Crippen LogP contribution in [-0.2, 0) is 0 Å². The van der Waals surface area contributed by atoms with Gasteiger partial charge in [-0.25, -0.2) is 9.97 Å². The van der Waals surface area contributed by atoms with E-state index in [4.69, 9.17) is 16.3 Å². The summed E-state index contributed by atoms with van der Waals surface area (Å²) in [5, 5.41) is 6.92. The van der Waals surface area contributed by atoms with Crippen LogP contribution in [0.3, 0.4) is 0 Å². The Morgan fingerprint density at radius 1 is 1.03 bits per heavy atom. The van der Waals surface area contributed by atoms with Gasteiger partial charge in [0.05, 0.1) is 0 Å². The van der Waals surface area contributed by atoms with Gasteiger partial charge in [0, 0.05) is 38.4 Å². The van der Waals surface area contributed by atoms with Crippen LogP contribution in [0.5, 0.6) is 11.6 Å². The van der Waals surface area contributed by atoms with Crippen molar-refractivity contribution in [2.45, 2.75) is 37.8 Å². The van der Waals surface area contributed by atoms with Crippen LogP contribution < -0.4 is 20.3 Å². The van der Waals surface area contributed by atoms with Crippen molar-refractivity contribution >= 4 is 41.7 Å². The number of carbonyl (C=O) groups is 1. The molecular weight excluding hydrogens is 475 g/mol. The molecule has 2 aromatic heterocycles. The van der Waals surface area contributed by atoms with Gasteiger partial charge in [0.15, 0.2) is 0 Å². The lowest BCUT2D eigenvalue weighted by Crippen LogP contribution is -2.40. The van der Waals surface area contributed by atoms with Gasteiger partial charge < -0.3 is 20.3 Å². The summed E-state index contributed by atoms with van der Waals surface area (Å²) in [5.74, 6) is 2.03. The smallest absolute Gasteiger partial charge is 0.257 e. The molecule has 34 heavy (non-hydrogen) atoms. The Hall–Kier alpha value is -3.10. The summed E-state index contributed by atoms with van der Waals surface area (Å²) >= 11 is 6.13. The van der Waals surface area contributed by atoms with Gasteiger partial charge in [0.2, 0.25) is 11.8 Å². The van der Waals surface area contributed by atoms with Crippen LogP contribution in [-0.4, -0.2) is 47.0 Å². The zero-order chi connectivity index (χ0) is 23.2. The van der Waals surface area contributed by atoms with Crippen LogP contribution in [0, 0.1) is 0 Å². The highest BCUT2D eigenvalue weighted by molar-refractivity contribution is 6.29. The van der Waals surface area contributed by atoms with Gasteiger partial charge in [-0.1, -0.05) is 29.8 Å². The van der Waals surface area contributed by atoms with Crippen LogP contribution in [0.4, 0.5) is 11.8 Å². The summed E-state index contributed by atoms with van der Waals surface area (Å²) in [6, 6.07) is 14.8. The molecule has 2 heterocycles. The number of amides is 1. The molecule has 10 heteroatoms. The Kier molecular flexibility index (Phi) is 8.90. The summed E-state index contributed by atoms with van der Waals surface area (Å²) in [6.45, 7) is 0. The van der Waals surface area contributed by atoms with Crippen LogP contribution in [0.1, 0.15) is 36.0 Å². The third kappa shape index (κ3) is 6.71. The van der Waals surface area contributed by atoms with E-state index in [1.54, 1.807) is 24.4 Å². The minimum absolute atomic E-state index is 0. The predicted molar refractivity (Wildman–Crippen MR) is 137 cm³/mol. The minimum Gasteiger partial charge on any atom is -0.438 e. The van der Waals surface area contributed by atoms with Crippen molar-refractivity contribution in [1.29, 1.82) is 0 Å². The van der Waals surface area contributed by atoms with Gasteiger partial charge in [-0.3, -0.25) is 4.79 Å². The summed E-state index contributed by atoms with van der Waals surface area (Å²) in [6.07, 6.45) is 5.09. The van der Waals surface area contributed by atoms with Gasteiger partial charge in [0.1, 0.15) is 22.3 Å². The normalized spacial score (nSPS) is 17.3. The maximum atomic E-state index is 12.9. The number of hydrogen-bond donors (Lipinski definition) is 2. The highest BCUT2D eigenvalue weighted by atomic mass is 35.5. The van der Waals surface area contributed by atoms with E-state index in [0.29, 0.717) is 28.3 Å². The first kappa shape index (κ1) is 25.5. The number of anilines is 2. The molecule has 1 aliphatic carbocycles. The third-order valence-electron chi connectivity index (χ3n) is 5.51. The van der Waals surface area contributed by atoms with Crippen molar-refractivity contribution in [3.8, 4) is 11.6 Å². The first-order valence-corrected chi connectivity index (χ1v) is 11.3. The lowest BCUT2D eigenvalue weighted by Gasteiger charge is -2.30. The fraction of sp³-hybridized carbons (Fsp3) is 0.333. The number of rotatable bonds is 7. The Bertz CT molecular complexity index is 1090. The third-order valence-corrected chi connectivity index (χ3v) is 5.70. The van der Waals surface area contributed by atoms with Gasteiger partial charge in [0.25, 0.3) is 5.91 Å². The molecule has 3 aromatic rings. The van der Waals surface area contributed by atoms with Crippen molar-refractivity contribution in [3.63, 3.8) is 0 Å². The molecule has 1 aliphatic rings. The number of benzene rings is 1. The SMILES string of the molecule is CN(C)c1cc(Cl)nc(NC2CCC(NC(=O)c3cccnc3Oc3ccccc3)CC2)n1.Cl. The Labute approximate surface area is 210 Å². The minimum atomic E-state index is -0.181. The molecule has 1 aromatic carbocycles. The second-order valence-electron chi connectivity index (χ2n) is 8.20. The van der Waals surface area contributed by atoms with Crippen LogP contribution >= 0.6 is 24.0 Å². The van der Waals surface area contributed by atoms with Crippen LogP contribution in [0.25, 0.3) is 0 Å². The highest BCUT2D eigenvalue weighted by Gasteiger charge is 2.25. The molecule has 8 nitrogen and oxygen atoms in total. The number of para-hydroxylation sites is 1. The lowest BCUT2D eigenvalue weighted by atomic mass is 9.91. The quantitative estimate of drug-likeness (QED) is 0.441. The number of carbonyl (C=O) groups excluding carboxylic acids is 1. The molecule has 4 rings (SSSR count). The molecular formula is C24H28Cl2N6O2. The summed E-state index contributed by atoms with van der Waals surface area (Å²) in [5.41, 5.74) is 0.421. The van der Waals surface area contributed by atoms with E-state index in [1.807, 2.05) is 49.3 Å². The molecule has 0 bridgehead atoms. The van der Waals surface area contributed by atoms with E-state index in [2.05, 4.69) is 25.6 Å². The van der Waals surface area contributed by atoms with Crippen molar-refractivity contribution < 1.29 is 9.53 Å². The van der Waals surface area contributed by atoms with E-state index in [-0.39, 0.29) is 30.4 Å². The molecule has 1 amide bonds. The monoisotopic (exact) mass is 502 g/mol. The first-order valence-electron chi connectivity index (χ1n) is 10.9. The molecule has 1 saturated carbocycles. The average molecular weight is 503 g/mol. The number of pyridine rings is 1. The number of ether oxygens (including phenoxy) is 1. The summed E-state index contributed by atoms with van der Waals surface area (Å²) < 4.78 is 5.83. The van der Waals surface area contributed by atoms with Gasteiger partial charge >= 0.3 is 0 Å². The molecule has 0 saturated heterocycles. The number of hydrogen-bond acceptors (Lipinski definition) is 7. The van der Waals surface area contributed by atoms with Gasteiger partial charge in [-0.2, -0.15) is 4.98 Å². The Morgan fingerprint density at radius 2 is 1.74 bits per heavy atom. The number of nitrogens with zero attached hydrogens (tertiary/aromatic N) is 4. The van der Waals surface area contributed by atoms with Crippen molar-refractivity contribution in [1.82, 2.24) is 20.3 Å². The van der Waals surface area contributed by atoms with Gasteiger partial charge in [-0.15, -0.1) is 12.4 Å². The molecule has 0 radical (unpaired) electrons. The van der Waals surface area contributed by atoms with E-state index >= 15 is 0 Å². The van der Waals surface area contributed by atoms with Crippen LogP contribution in [0.2, 0.25) is 5.15 Å². The topological polar surface area (TPSA) is 92.3 Å². The first-order chi connectivity index (χ1) is 16.0. The highest BCUT2D eigenvalue weighted by Crippen LogP contribution is 2.25. The van der Waals surface area contributed by atoms with Gasteiger partial charge in [-0.05, 0) is 49.9 Å². The van der Waals surface area contributed by atoms with Crippen molar-refractivity contribution in [3.05, 3.63) is 65.4 Å². The standard InChI is InChI=1S/C24H27ClN6O2.ClH/c1-31(2)21-15-20(25)29-24(30-21)28-17-12-10-16(11-13-17)27-22(32)19-9-6-14-26-23(19)33-18-7-4-3-5-8-18;/h3-9,14-17H,10-13H2,1-2H3,(H,27,32)(H,28,29,30);1H. The van der Waals surface area contributed by atoms with Crippen LogP contribution in [0.15, 0.2) is 54.7 Å². The summed E-state index contributed by atoms with van der Waals surface area (Å²) in [7, 11) is 3.82. The molecule has 0 atom stereocenters. The van der Waals surface area contributed by atoms with E-state index in [9.17, 15) is 4.79 Å². The Balaban J connectivity index is 0.00000324. The van der Waals surface area contributed by atoms with E-state index < -0.39 is 0 Å². The zero-order valence-corrected chi connectivity index (χ0v) is 20.6. The zero-order valence-electron chi connectivity index (χ0n) is 19.1. The average Bonchev–Trinajstić information content (AvgIpc) is 2.81. The fourth-order valence-corrected chi connectivity index (χ4v) is 3.95. The number of aromatic nitrogens is 3. The largest absolute Gasteiger partial charge is 0.438 e. The van der Waals surface area contributed by atoms with E-state index in [0.717, 1.165) is 31.5 Å². The number of nitrogens with one attached hydrogen (secondary N) is 2. The molecule has 2 N–H and O–H groups in total. The second-order valence-corrected chi connectivity index (χ2v) is 8.59. The molecule has 0 spiro atoms. The summed E-state index contributed by atoms with van der Waals surface area (Å²) in [4.78, 5) is 27.9. The maximum absolute atomic E-state index is 12.9. The lowest BCUT2D eigenvalue weighted by molar-refractivity contribution is 0.0923. The van der Waals surface area contributed by atoms with Crippen molar-refractivity contribution in [2.75, 3.05) is 24.3 Å². The predicted octanol–water partition coefficient (Wildman–Crippen LogP) is 4.96. The molecule has 0 aliphatic heterocycles. The van der Waals surface area contributed by atoms with E-state index in [1.165, 1.54) is 0 Å². The van der Waals surface area contributed by atoms with Crippen molar-refractivity contribution in [2.24, 2.45) is 0 Å².